The van der Waals surface area contributed by atoms with Gasteiger partial charge in [0, 0.05) is 23.8 Å². The summed E-state index contributed by atoms with van der Waals surface area (Å²) >= 11 is 1.48. The molecule has 0 spiro atoms. The average molecular weight is 385 g/mol. The van der Waals surface area contributed by atoms with Gasteiger partial charge in [-0.05, 0) is 24.5 Å². The fourth-order valence-corrected chi connectivity index (χ4v) is 3.74. The molecule has 7 nitrogen and oxygen atoms in total. The fourth-order valence-electron chi connectivity index (χ4n) is 2.70. The summed E-state index contributed by atoms with van der Waals surface area (Å²) in [4.78, 5) is 30.1. The van der Waals surface area contributed by atoms with Crippen LogP contribution >= 0.6 is 11.8 Å². The molecule has 1 aromatic carbocycles. The molecule has 8 heteroatoms. The van der Waals surface area contributed by atoms with Crippen LogP contribution in [0.2, 0.25) is 0 Å². The Bertz CT molecular complexity index is 995. The number of rotatable bonds is 8. The van der Waals surface area contributed by atoms with Gasteiger partial charge in [0.2, 0.25) is 5.91 Å². The summed E-state index contributed by atoms with van der Waals surface area (Å²) in [5, 5.41) is 7.80. The number of unbranched alkanes of at least 4 members (excludes halogenated alkanes) is 1. The standard InChI is InChI=1S/C19H23N5O2S/c1-3-5-10-20-16(25)13-24-19(26)23-12-11-21-18(17(23)22-24)27-15-9-7-6-8-14(15)4-2/h6-9,11-12H,3-5,10,13H2,1-2H3,(H,20,25). The monoisotopic (exact) mass is 385 g/mol. The molecular weight excluding hydrogens is 362 g/mol. The van der Waals surface area contributed by atoms with Crippen molar-refractivity contribution in [1.29, 1.82) is 0 Å². The molecule has 1 amide bonds. The van der Waals surface area contributed by atoms with E-state index in [1.165, 1.54) is 26.4 Å². The minimum absolute atomic E-state index is 0.0973. The highest BCUT2D eigenvalue weighted by molar-refractivity contribution is 7.99. The number of benzene rings is 1. The van der Waals surface area contributed by atoms with Crippen molar-refractivity contribution in [1.82, 2.24) is 24.5 Å². The van der Waals surface area contributed by atoms with Crippen LogP contribution in [0, 0.1) is 0 Å². The molecule has 27 heavy (non-hydrogen) atoms. The molecule has 142 valence electrons. The number of nitrogens with zero attached hydrogens (tertiary/aromatic N) is 4. The van der Waals surface area contributed by atoms with Crippen LogP contribution in [0.1, 0.15) is 32.3 Å². The third kappa shape index (κ3) is 4.39. The second-order valence-corrected chi connectivity index (χ2v) is 7.16. The van der Waals surface area contributed by atoms with Crippen molar-refractivity contribution in [3.63, 3.8) is 0 Å². The Morgan fingerprint density at radius 2 is 2.07 bits per heavy atom. The van der Waals surface area contributed by atoms with Gasteiger partial charge in [0.05, 0.1) is 0 Å². The zero-order chi connectivity index (χ0) is 19.2. The maximum atomic E-state index is 12.6. The largest absolute Gasteiger partial charge is 0.354 e. The molecule has 2 aromatic heterocycles. The summed E-state index contributed by atoms with van der Waals surface area (Å²) in [5.74, 6) is -0.215. The van der Waals surface area contributed by atoms with Crippen LogP contribution in [0.3, 0.4) is 0 Å². The summed E-state index contributed by atoms with van der Waals surface area (Å²) < 4.78 is 2.62. The van der Waals surface area contributed by atoms with Crippen molar-refractivity contribution in [2.24, 2.45) is 0 Å². The maximum Gasteiger partial charge on any atom is 0.350 e. The van der Waals surface area contributed by atoms with E-state index in [1.807, 2.05) is 18.2 Å². The maximum absolute atomic E-state index is 12.6. The van der Waals surface area contributed by atoms with E-state index < -0.39 is 0 Å². The minimum atomic E-state index is -0.344. The number of aromatic nitrogens is 4. The zero-order valence-corrected chi connectivity index (χ0v) is 16.3. The Morgan fingerprint density at radius 1 is 1.26 bits per heavy atom. The van der Waals surface area contributed by atoms with Crippen LogP contribution < -0.4 is 11.0 Å². The summed E-state index contributed by atoms with van der Waals surface area (Å²) in [6.45, 7) is 4.67. The smallest absolute Gasteiger partial charge is 0.350 e. The van der Waals surface area contributed by atoms with E-state index in [0.717, 1.165) is 24.2 Å². The molecule has 0 aliphatic heterocycles. The molecule has 2 heterocycles. The SMILES string of the molecule is CCCCNC(=O)Cn1nc2c(Sc3ccccc3CC)nccn2c1=O. The first-order valence-electron chi connectivity index (χ1n) is 9.10. The van der Waals surface area contributed by atoms with Gasteiger partial charge < -0.3 is 5.32 Å². The molecule has 0 unspecified atom stereocenters. The summed E-state index contributed by atoms with van der Waals surface area (Å²) in [6, 6.07) is 8.10. The highest BCUT2D eigenvalue weighted by atomic mass is 32.2. The third-order valence-electron chi connectivity index (χ3n) is 4.18. The Hall–Kier alpha value is -2.61. The van der Waals surface area contributed by atoms with Gasteiger partial charge in [-0.25, -0.2) is 18.9 Å². The predicted octanol–water partition coefficient (Wildman–Crippen LogP) is 2.52. The molecule has 0 radical (unpaired) electrons. The molecule has 0 saturated heterocycles. The first kappa shape index (κ1) is 19.2. The van der Waals surface area contributed by atoms with Crippen LogP contribution in [-0.4, -0.2) is 31.6 Å². The Balaban J connectivity index is 1.88. The van der Waals surface area contributed by atoms with Crippen molar-refractivity contribution in [2.45, 2.75) is 49.6 Å². The number of carbonyl (C=O) groups excluding carboxylic acids is 1. The van der Waals surface area contributed by atoms with E-state index in [2.05, 4.69) is 35.3 Å². The molecule has 3 rings (SSSR count). The van der Waals surface area contributed by atoms with E-state index in [4.69, 9.17) is 0 Å². The van der Waals surface area contributed by atoms with Crippen LogP contribution in [0.25, 0.3) is 5.65 Å². The zero-order valence-electron chi connectivity index (χ0n) is 15.5. The topological polar surface area (TPSA) is 81.3 Å². The summed E-state index contributed by atoms with van der Waals surface area (Å²) in [7, 11) is 0. The lowest BCUT2D eigenvalue weighted by atomic mass is 10.2. The van der Waals surface area contributed by atoms with E-state index in [-0.39, 0.29) is 18.1 Å². The fraction of sp³-hybridized carbons (Fsp3) is 0.368. The van der Waals surface area contributed by atoms with Crippen LogP contribution in [-0.2, 0) is 17.8 Å². The lowest BCUT2D eigenvalue weighted by molar-refractivity contribution is -0.121. The third-order valence-corrected chi connectivity index (χ3v) is 5.27. The first-order chi connectivity index (χ1) is 13.1. The number of nitrogens with one attached hydrogen (secondary N) is 1. The van der Waals surface area contributed by atoms with Crippen molar-refractivity contribution < 1.29 is 4.79 Å². The van der Waals surface area contributed by atoms with Gasteiger partial charge in [-0.15, -0.1) is 5.10 Å². The minimum Gasteiger partial charge on any atom is -0.354 e. The first-order valence-corrected chi connectivity index (χ1v) is 9.92. The van der Waals surface area contributed by atoms with Crippen LogP contribution in [0.15, 0.2) is 51.4 Å². The quantitative estimate of drug-likeness (QED) is 0.603. The van der Waals surface area contributed by atoms with Gasteiger partial charge in [-0.3, -0.25) is 4.79 Å². The summed E-state index contributed by atoms with van der Waals surface area (Å²) in [5.41, 5.74) is 1.33. The Labute approximate surface area is 161 Å². The van der Waals surface area contributed by atoms with E-state index in [1.54, 1.807) is 12.4 Å². The normalized spacial score (nSPS) is 11.0. The van der Waals surface area contributed by atoms with Crippen LogP contribution in [0.5, 0.6) is 0 Å². The van der Waals surface area contributed by atoms with Gasteiger partial charge in [0.15, 0.2) is 5.65 Å². The van der Waals surface area contributed by atoms with E-state index >= 15 is 0 Å². The number of amides is 1. The molecule has 0 atom stereocenters. The van der Waals surface area contributed by atoms with Gasteiger partial charge >= 0.3 is 5.69 Å². The molecular formula is C19H23N5O2S. The van der Waals surface area contributed by atoms with Gasteiger partial charge in [-0.1, -0.05) is 50.2 Å². The van der Waals surface area contributed by atoms with Gasteiger partial charge in [0.1, 0.15) is 11.6 Å². The van der Waals surface area contributed by atoms with E-state index in [0.29, 0.717) is 17.2 Å². The van der Waals surface area contributed by atoms with Crippen molar-refractivity contribution in [2.75, 3.05) is 6.54 Å². The average Bonchev–Trinajstić information content (AvgIpc) is 2.99. The highest BCUT2D eigenvalue weighted by Gasteiger charge is 2.15. The second-order valence-electron chi connectivity index (χ2n) is 6.13. The van der Waals surface area contributed by atoms with Gasteiger partial charge in [-0.2, -0.15) is 0 Å². The van der Waals surface area contributed by atoms with Crippen LogP contribution in [0.4, 0.5) is 0 Å². The lowest BCUT2D eigenvalue weighted by Crippen LogP contribution is -2.33. The lowest BCUT2D eigenvalue weighted by Gasteiger charge is -2.06. The number of hydrogen-bond acceptors (Lipinski definition) is 5. The Morgan fingerprint density at radius 3 is 2.85 bits per heavy atom. The van der Waals surface area contributed by atoms with Crippen molar-refractivity contribution in [3.05, 3.63) is 52.7 Å². The number of hydrogen-bond donors (Lipinski definition) is 1. The molecule has 0 aliphatic rings. The second kappa shape index (κ2) is 8.85. The molecule has 1 N–H and O–H groups in total. The molecule has 0 saturated carbocycles. The van der Waals surface area contributed by atoms with Crippen molar-refractivity contribution in [3.8, 4) is 0 Å². The predicted molar refractivity (Wildman–Crippen MR) is 105 cm³/mol. The van der Waals surface area contributed by atoms with E-state index in [9.17, 15) is 9.59 Å². The highest BCUT2D eigenvalue weighted by Crippen LogP contribution is 2.30. The van der Waals surface area contributed by atoms with Gasteiger partial charge in [0.25, 0.3) is 0 Å². The van der Waals surface area contributed by atoms with Crippen molar-refractivity contribution >= 4 is 23.3 Å². The summed E-state index contributed by atoms with van der Waals surface area (Å²) in [6.07, 6.45) is 5.98. The number of fused-ring (bicyclic) bond motifs is 1. The molecule has 3 aromatic rings. The molecule has 0 bridgehead atoms. The molecule has 0 aliphatic carbocycles. The number of aryl methyl sites for hydroxylation is 1. The molecule has 0 fully saturated rings. The number of carbonyl (C=O) groups is 1. The Kier molecular flexibility index (Phi) is 6.28.